The summed E-state index contributed by atoms with van der Waals surface area (Å²) in [7, 11) is 0. The van der Waals surface area contributed by atoms with Crippen LogP contribution in [0, 0.1) is 0 Å². The predicted octanol–water partition coefficient (Wildman–Crippen LogP) is 1.78. The van der Waals surface area contributed by atoms with Crippen LogP contribution in [0.5, 0.6) is 0 Å². The van der Waals surface area contributed by atoms with Gasteiger partial charge in [0.25, 0.3) is 0 Å². The second kappa shape index (κ2) is 6.26. The summed E-state index contributed by atoms with van der Waals surface area (Å²) in [5, 5.41) is 14.9. The highest BCUT2D eigenvalue weighted by Gasteiger charge is 2.35. The third-order valence-electron chi connectivity index (χ3n) is 3.90. The zero-order chi connectivity index (χ0) is 15.5. The van der Waals surface area contributed by atoms with Crippen molar-refractivity contribution in [2.24, 2.45) is 0 Å². The van der Waals surface area contributed by atoms with Crippen LogP contribution in [0.3, 0.4) is 0 Å². The van der Waals surface area contributed by atoms with E-state index in [1.165, 1.54) is 5.56 Å². The summed E-state index contributed by atoms with van der Waals surface area (Å²) < 4.78 is 0. The Labute approximate surface area is 124 Å². The summed E-state index contributed by atoms with van der Waals surface area (Å²) in [6.07, 6.45) is 2.30. The van der Waals surface area contributed by atoms with Gasteiger partial charge in [0.05, 0.1) is 5.60 Å². The molecule has 114 valence electrons. The molecule has 5 heteroatoms. The summed E-state index contributed by atoms with van der Waals surface area (Å²) in [5.74, 6) is -1.01. The van der Waals surface area contributed by atoms with Gasteiger partial charge in [-0.15, -0.1) is 0 Å². The van der Waals surface area contributed by atoms with Gasteiger partial charge in [0, 0.05) is 12.2 Å². The molecule has 1 aromatic carbocycles. The molecule has 2 rings (SSSR count). The van der Waals surface area contributed by atoms with Crippen LogP contribution >= 0.6 is 0 Å². The number of hydrogen-bond acceptors (Lipinski definition) is 3. The molecule has 5 nitrogen and oxygen atoms in total. The third kappa shape index (κ3) is 4.04. The molecule has 2 amide bonds. The van der Waals surface area contributed by atoms with E-state index < -0.39 is 17.4 Å². The van der Waals surface area contributed by atoms with E-state index in [0.29, 0.717) is 24.4 Å². The number of aliphatic hydroxyl groups is 1. The highest BCUT2D eigenvalue weighted by atomic mass is 16.3. The highest BCUT2D eigenvalue weighted by Crippen LogP contribution is 2.30. The first kappa shape index (κ1) is 15.5. The average Bonchev–Trinajstić information content (AvgIpc) is 2.43. The minimum absolute atomic E-state index is 0.130. The van der Waals surface area contributed by atoms with Crippen LogP contribution in [0.15, 0.2) is 24.3 Å². The van der Waals surface area contributed by atoms with Crippen LogP contribution in [0.4, 0.5) is 5.69 Å². The molecule has 0 saturated heterocycles. The van der Waals surface area contributed by atoms with Gasteiger partial charge in [-0.25, -0.2) is 0 Å². The minimum Gasteiger partial charge on any atom is -0.388 e. The van der Waals surface area contributed by atoms with Crippen LogP contribution in [0.2, 0.25) is 0 Å². The first-order valence-electron chi connectivity index (χ1n) is 7.31. The molecular weight excluding hydrogens is 268 g/mol. The number of carbonyl (C=O) groups excluding carboxylic acids is 2. The van der Waals surface area contributed by atoms with Crippen molar-refractivity contribution < 1.29 is 14.7 Å². The second-order valence-electron chi connectivity index (χ2n) is 5.99. The molecule has 1 aliphatic rings. The Kier molecular flexibility index (Phi) is 4.63. The molecule has 0 heterocycles. The molecule has 0 aliphatic heterocycles. The lowest BCUT2D eigenvalue weighted by molar-refractivity contribution is -0.137. The van der Waals surface area contributed by atoms with E-state index in [2.05, 4.69) is 24.5 Å². The quantitative estimate of drug-likeness (QED) is 0.740. The van der Waals surface area contributed by atoms with E-state index >= 15 is 0 Å². The van der Waals surface area contributed by atoms with Gasteiger partial charge in [-0.2, -0.15) is 0 Å². The van der Waals surface area contributed by atoms with Crippen molar-refractivity contribution in [1.82, 2.24) is 5.32 Å². The maximum atomic E-state index is 11.7. The first-order chi connectivity index (χ1) is 9.89. The second-order valence-corrected chi connectivity index (χ2v) is 5.99. The van der Waals surface area contributed by atoms with E-state index in [1.54, 1.807) is 12.1 Å². The van der Waals surface area contributed by atoms with Gasteiger partial charge in [0.2, 0.25) is 0 Å². The molecule has 0 unspecified atom stereocenters. The third-order valence-corrected chi connectivity index (χ3v) is 3.90. The summed E-state index contributed by atoms with van der Waals surface area (Å²) in [6, 6.07) is 7.41. The molecule has 0 spiro atoms. The summed E-state index contributed by atoms with van der Waals surface area (Å²) in [4.78, 5) is 23.4. The van der Waals surface area contributed by atoms with Crippen molar-refractivity contribution in [3.63, 3.8) is 0 Å². The molecule has 21 heavy (non-hydrogen) atoms. The largest absolute Gasteiger partial charge is 0.388 e. The van der Waals surface area contributed by atoms with Crippen molar-refractivity contribution >= 4 is 17.5 Å². The Morgan fingerprint density at radius 1 is 1.19 bits per heavy atom. The van der Waals surface area contributed by atoms with Crippen molar-refractivity contribution in [3.05, 3.63) is 29.8 Å². The van der Waals surface area contributed by atoms with Crippen LogP contribution in [0.25, 0.3) is 0 Å². The Morgan fingerprint density at radius 2 is 1.81 bits per heavy atom. The lowest BCUT2D eigenvalue weighted by Gasteiger charge is -2.36. The Morgan fingerprint density at radius 3 is 2.29 bits per heavy atom. The number of benzene rings is 1. The van der Waals surface area contributed by atoms with Gasteiger partial charge < -0.3 is 15.7 Å². The van der Waals surface area contributed by atoms with Crippen LogP contribution in [0.1, 0.15) is 44.6 Å². The Hall–Kier alpha value is -1.88. The molecule has 0 aromatic heterocycles. The molecule has 1 aromatic rings. The lowest BCUT2D eigenvalue weighted by atomic mass is 9.80. The van der Waals surface area contributed by atoms with E-state index in [4.69, 9.17) is 0 Å². The molecule has 1 saturated carbocycles. The van der Waals surface area contributed by atoms with Gasteiger partial charge >= 0.3 is 11.8 Å². The van der Waals surface area contributed by atoms with Gasteiger partial charge in [-0.3, -0.25) is 9.59 Å². The lowest BCUT2D eigenvalue weighted by Crippen LogP contribution is -2.49. The van der Waals surface area contributed by atoms with Crippen molar-refractivity contribution in [2.75, 3.05) is 11.9 Å². The molecule has 1 fully saturated rings. The van der Waals surface area contributed by atoms with Crippen LogP contribution in [-0.4, -0.2) is 29.1 Å². The Bertz CT molecular complexity index is 519. The molecule has 0 atom stereocenters. The monoisotopic (exact) mass is 290 g/mol. The van der Waals surface area contributed by atoms with Gasteiger partial charge in [0.15, 0.2) is 0 Å². The SMILES string of the molecule is CC(C)c1ccc(NC(=O)C(=O)NCC2(O)CCC2)cc1. The highest BCUT2D eigenvalue weighted by molar-refractivity contribution is 6.39. The number of hydrogen-bond donors (Lipinski definition) is 3. The summed E-state index contributed by atoms with van der Waals surface area (Å²) >= 11 is 0. The fourth-order valence-electron chi connectivity index (χ4n) is 2.23. The smallest absolute Gasteiger partial charge is 0.313 e. The maximum Gasteiger partial charge on any atom is 0.313 e. The predicted molar refractivity (Wildman–Crippen MR) is 81.0 cm³/mol. The average molecular weight is 290 g/mol. The number of amides is 2. The minimum atomic E-state index is -0.825. The number of nitrogens with one attached hydrogen (secondary N) is 2. The fraction of sp³-hybridized carbons (Fsp3) is 0.500. The Balaban J connectivity index is 1.84. The molecular formula is C16H22N2O3. The zero-order valence-electron chi connectivity index (χ0n) is 12.5. The standard InChI is InChI=1S/C16H22N2O3/c1-11(2)12-4-6-13(7-5-12)18-15(20)14(19)17-10-16(21)8-3-9-16/h4-7,11,21H,3,8-10H2,1-2H3,(H,17,19)(H,18,20). The van der Waals surface area contributed by atoms with Crippen LogP contribution in [-0.2, 0) is 9.59 Å². The van der Waals surface area contributed by atoms with Crippen molar-refractivity contribution in [2.45, 2.75) is 44.6 Å². The number of rotatable bonds is 4. The summed E-state index contributed by atoms with van der Waals surface area (Å²) in [6.45, 7) is 4.31. The topological polar surface area (TPSA) is 78.4 Å². The van der Waals surface area contributed by atoms with Gasteiger partial charge in [-0.1, -0.05) is 26.0 Å². The number of carbonyl (C=O) groups is 2. The molecule has 3 N–H and O–H groups in total. The van der Waals surface area contributed by atoms with E-state index in [0.717, 1.165) is 6.42 Å². The molecule has 0 radical (unpaired) electrons. The van der Waals surface area contributed by atoms with Gasteiger partial charge in [0.1, 0.15) is 0 Å². The van der Waals surface area contributed by atoms with Crippen molar-refractivity contribution in [3.8, 4) is 0 Å². The van der Waals surface area contributed by atoms with Gasteiger partial charge in [-0.05, 0) is 42.9 Å². The van der Waals surface area contributed by atoms with E-state index in [-0.39, 0.29) is 6.54 Å². The number of anilines is 1. The van der Waals surface area contributed by atoms with E-state index in [9.17, 15) is 14.7 Å². The van der Waals surface area contributed by atoms with E-state index in [1.807, 2.05) is 12.1 Å². The fourth-order valence-corrected chi connectivity index (χ4v) is 2.23. The normalized spacial score (nSPS) is 16.2. The summed E-state index contributed by atoms with van der Waals surface area (Å²) in [5.41, 5.74) is 0.932. The first-order valence-corrected chi connectivity index (χ1v) is 7.31. The van der Waals surface area contributed by atoms with Crippen molar-refractivity contribution in [1.29, 1.82) is 0 Å². The molecule has 1 aliphatic carbocycles. The molecule has 0 bridgehead atoms. The maximum absolute atomic E-state index is 11.7. The van der Waals surface area contributed by atoms with Crippen LogP contribution < -0.4 is 10.6 Å². The zero-order valence-corrected chi connectivity index (χ0v) is 12.5.